The molecule has 1 aromatic carbocycles. The molecule has 0 bridgehead atoms. The lowest BCUT2D eigenvalue weighted by Gasteiger charge is -2.37. The first-order valence-corrected chi connectivity index (χ1v) is 7.62. The van der Waals surface area contributed by atoms with Crippen LogP contribution in [-0.2, 0) is 4.74 Å². The van der Waals surface area contributed by atoms with Gasteiger partial charge in [0.05, 0.1) is 18.2 Å². The van der Waals surface area contributed by atoms with Crippen LogP contribution >= 0.6 is 0 Å². The van der Waals surface area contributed by atoms with Crippen LogP contribution in [0.2, 0.25) is 0 Å². The molecule has 3 unspecified atom stereocenters. The zero-order valence-electron chi connectivity index (χ0n) is 12.6. The first-order chi connectivity index (χ1) is 9.63. The standard InChI is InChI=1S/C17H27NO2/c1-14-7-6-10-17(19,11-14)13-18-16(12-20-2)15-8-4-3-5-9-15/h3-5,8-9,14,16,18-19H,6-7,10-13H2,1-2H3. The van der Waals surface area contributed by atoms with Crippen LogP contribution in [0.1, 0.15) is 44.2 Å². The second-order valence-corrected chi connectivity index (χ2v) is 6.23. The summed E-state index contributed by atoms with van der Waals surface area (Å²) in [7, 11) is 1.72. The van der Waals surface area contributed by atoms with E-state index in [1.54, 1.807) is 7.11 Å². The number of hydrogen-bond acceptors (Lipinski definition) is 3. The summed E-state index contributed by atoms with van der Waals surface area (Å²) in [5.74, 6) is 0.619. The molecule has 1 aromatic rings. The van der Waals surface area contributed by atoms with Crippen molar-refractivity contribution in [3.05, 3.63) is 35.9 Å². The molecular formula is C17H27NO2. The van der Waals surface area contributed by atoms with Crippen LogP contribution in [0.4, 0.5) is 0 Å². The predicted octanol–water partition coefficient (Wildman–Crippen LogP) is 2.90. The molecular weight excluding hydrogens is 250 g/mol. The van der Waals surface area contributed by atoms with Gasteiger partial charge in [0.1, 0.15) is 0 Å². The van der Waals surface area contributed by atoms with E-state index in [2.05, 4.69) is 24.4 Å². The maximum atomic E-state index is 10.7. The van der Waals surface area contributed by atoms with E-state index in [0.29, 0.717) is 19.1 Å². The lowest BCUT2D eigenvalue weighted by molar-refractivity contribution is -0.0157. The molecule has 0 radical (unpaired) electrons. The van der Waals surface area contributed by atoms with E-state index >= 15 is 0 Å². The Kier molecular flexibility index (Phi) is 5.58. The summed E-state index contributed by atoms with van der Waals surface area (Å²) >= 11 is 0. The summed E-state index contributed by atoms with van der Waals surface area (Å²) in [6.45, 7) is 3.49. The van der Waals surface area contributed by atoms with Crippen LogP contribution < -0.4 is 5.32 Å². The van der Waals surface area contributed by atoms with Crippen molar-refractivity contribution in [3.63, 3.8) is 0 Å². The molecule has 2 N–H and O–H groups in total. The van der Waals surface area contributed by atoms with Crippen molar-refractivity contribution < 1.29 is 9.84 Å². The molecule has 1 aliphatic rings. The van der Waals surface area contributed by atoms with Gasteiger partial charge in [0.2, 0.25) is 0 Å². The van der Waals surface area contributed by atoms with Gasteiger partial charge in [0.15, 0.2) is 0 Å². The monoisotopic (exact) mass is 277 g/mol. The molecule has 1 fully saturated rings. The van der Waals surface area contributed by atoms with Crippen LogP contribution in [0, 0.1) is 5.92 Å². The summed E-state index contributed by atoms with van der Waals surface area (Å²) in [5, 5.41) is 14.2. The number of nitrogens with one attached hydrogen (secondary N) is 1. The van der Waals surface area contributed by atoms with Crippen molar-refractivity contribution in [2.24, 2.45) is 5.92 Å². The van der Waals surface area contributed by atoms with E-state index in [0.717, 1.165) is 19.3 Å². The second-order valence-electron chi connectivity index (χ2n) is 6.23. The molecule has 20 heavy (non-hydrogen) atoms. The third-order valence-corrected chi connectivity index (χ3v) is 4.28. The molecule has 3 atom stereocenters. The smallest absolute Gasteiger partial charge is 0.0774 e. The van der Waals surface area contributed by atoms with Crippen LogP contribution in [0.15, 0.2) is 30.3 Å². The minimum absolute atomic E-state index is 0.141. The van der Waals surface area contributed by atoms with E-state index in [1.165, 1.54) is 12.0 Å². The highest BCUT2D eigenvalue weighted by molar-refractivity contribution is 5.19. The summed E-state index contributed by atoms with van der Waals surface area (Å²) in [6.07, 6.45) is 4.16. The molecule has 0 saturated heterocycles. The zero-order chi connectivity index (χ0) is 14.4. The minimum atomic E-state index is -0.557. The first-order valence-electron chi connectivity index (χ1n) is 7.62. The average Bonchev–Trinajstić information content (AvgIpc) is 2.44. The van der Waals surface area contributed by atoms with Gasteiger partial charge in [0, 0.05) is 13.7 Å². The van der Waals surface area contributed by atoms with Crippen LogP contribution in [-0.4, -0.2) is 31.0 Å². The Bertz CT molecular complexity index is 395. The Balaban J connectivity index is 1.95. The normalized spacial score (nSPS) is 28.2. The highest BCUT2D eigenvalue weighted by atomic mass is 16.5. The Morgan fingerprint density at radius 3 is 2.80 bits per heavy atom. The van der Waals surface area contributed by atoms with Crippen molar-refractivity contribution in [2.75, 3.05) is 20.3 Å². The molecule has 0 amide bonds. The molecule has 112 valence electrons. The molecule has 1 aliphatic carbocycles. The molecule has 2 rings (SSSR count). The maximum absolute atomic E-state index is 10.7. The predicted molar refractivity (Wildman–Crippen MR) is 81.6 cm³/mol. The zero-order valence-corrected chi connectivity index (χ0v) is 12.6. The topological polar surface area (TPSA) is 41.5 Å². The van der Waals surface area contributed by atoms with Crippen molar-refractivity contribution in [1.82, 2.24) is 5.32 Å². The molecule has 0 aliphatic heterocycles. The van der Waals surface area contributed by atoms with Gasteiger partial charge in [-0.3, -0.25) is 0 Å². The number of methoxy groups -OCH3 is 1. The van der Waals surface area contributed by atoms with Crippen molar-refractivity contribution >= 4 is 0 Å². The summed E-state index contributed by atoms with van der Waals surface area (Å²) in [6, 6.07) is 10.4. The van der Waals surface area contributed by atoms with Gasteiger partial charge in [-0.15, -0.1) is 0 Å². The van der Waals surface area contributed by atoms with Crippen LogP contribution in [0.5, 0.6) is 0 Å². The van der Waals surface area contributed by atoms with E-state index in [-0.39, 0.29) is 6.04 Å². The third-order valence-electron chi connectivity index (χ3n) is 4.28. The molecule has 1 saturated carbocycles. The summed E-state index contributed by atoms with van der Waals surface area (Å²) in [5.41, 5.74) is 0.653. The summed E-state index contributed by atoms with van der Waals surface area (Å²) in [4.78, 5) is 0. The third kappa shape index (κ3) is 4.30. The SMILES string of the molecule is COCC(NCC1(O)CCCC(C)C1)c1ccccc1. The lowest BCUT2D eigenvalue weighted by atomic mass is 9.79. The summed E-state index contributed by atoms with van der Waals surface area (Å²) < 4.78 is 5.31. The van der Waals surface area contributed by atoms with Gasteiger partial charge in [-0.1, -0.05) is 50.1 Å². The average molecular weight is 277 g/mol. The van der Waals surface area contributed by atoms with Gasteiger partial charge in [-0.25, -0.2) is 0 Å². The van der Waals surface area contributed by atoms with Crippen molar-refractivity contribution in [3.8, 4) is 0 Å². The fourth-order valence-electron chi connectivity index (χ4n) is 3.23. The fourth-order valence-corrected chi connectivity index (χ4v) is 3.23. The van der Waals surface area contributed by atoms with Gasteiger partial charge < -0.3 is 15.2 Å². The van der Waals surface area contributed by atoms with Gasteiger partial charge in [-0.05, 0) is 24.3 Å². The minimum Gasteiger partial charge on any atom is -0.389 e. The van der Waals surface area contributed by atoms with E-state index in [1.807, 2.05) is 18.2 Å². The van der Waals surface area contributed by atoms with E-state index in [4.69, 9.17) is 4.74 Å². The number of aliphatic hydroxyl groups is 1. The van der Waals surface area contributed by atoms with E-state index < -0.39 is 5.60 Å². The Labute approximate surface area is 122 Å². The van der Waals surface area contributed by atoms with Gasteiger partial charge in [0.25, 0.3) is 0 Å². The highest BCUT2D eigenvalue weighted by Gasteiger charge is 2.32. The quantitative estimate of drug-likeness (QED) is 0.840. The molecule has 3 heteroatoms. The molecule has 3 nitrogen and oxygen atoms in total. The number of rotatable bonds is 6. The van der Waals surface area contributed by atoms with E-state index in [9.17, 15) is 5.11 Å². The molecule has 0 spiro atoms. The highest BCUT2D eigenvalue weighted by Crippen LogP contribution is 2.32. The molecule has 0 aromatic heterocycles. The lowest BCUT2D eigenvalue weighted by Crippen LogP contribution is -2.45. The number of hydrogen-bond donors (Lipinski definition) is 2. The Morgan fingerprint density at radius 2 is 2.15 bits per heavy atom. The van der Waals surface area contributed by atoms with Crippen LogP contribution in [0.3, 0.4) is 0 Å². The largest absolute Gasteiger partial charge is 0.389 e. The maximum Gasteiger partial charge on any atom is 0.0774 e. The number of benzene rings is 1. The Hall–Kier alpha value is -0.900. The number of ether oxygens (including phenoxy) is 1. The Morgan fingerprint density at radius 1 is 1.40 bits per heavy atom. The van der Waals surface area contributed by atoms with Crippen LogP contribution in [0.25, 0.3) is 0 Å². The van der Waals surface area contributed by atoms with Gasteiger partial charge in [-0.2, -0.15) is 0 Å². The second kappa shape index (κ2) is 7.21. The van der Waals surface area contributed by atoms with Gasteiger partial charge >= 0.3 is 0 Å². The molecule has 0 heterocycles. The van der Waals surface area contributed by atoms with Crippen molar-refractivity contribution in [2.45, 2.75) is 44.2 Å². The van der Waals surface area contributed by atoms with Crippen molar-refractivity contribution in [1.29, 1.82) is 0 Å². The fraction of sp³-hybridized carbons (Fsp3) is 0.647. The first kappa shape index (κ1) is 15.5.